The van der Waals surface area contributed by atoms with Gasteiger partial charge in [-0.3, -0.25) is 14.5 Å². The number of hydrogen-bond donors (Lipinski definition) is 1. The third kappa shape index (κ3) is 4.72. The van der Waals surface area contributed by atoms with E-state index in [0.717, 1.165) is 16.7 Å². The number of rotatable bonds is 9. The maximum atomic E-state index is 13.3. The van der Waals surface area contributed by atoms with Crippen molar-refractivity contribution >= 4 is 23.1 Å². The number of amides is 2. The van der Waals surface area contributed by atoms with Crippen molar-refractivity contribution in [2.75, 3.05) is 39.8 Å². The molecule has 1 aliphatic rings. The lowest BCUT2D eigenvalue weighted by molar-refractivity contribution is -0.137. The minimum atomic E-state index is -0.363. The fourth-order valence-corrected chi connectivity index (χ4v) is 3.63. The first-order chi connectivity index (χ1) is 14.9. The zero-order valence-corrected chi connectivity index (χ0v) is 18.6. The van der Waals surface area contributed by atoms with Crippen molar-refractivity contribution in [1.29, 1.82) is 0 Å². The van der Waals surface area contributed by atoms with E-state index in [2.05, 4.69) is 5.32 Å². The molecule has 0 unspecified atom stereocenters. The average Bonchev–Trinajstić information content (AvgIpc) is 2.98. The SMILES string of the molecule is COCCCN1C(=O)C(Nc2cc(OC)cc(OC)c2)=C(c2ccc(C)cc2C)C1=O. The molecule has 1 aliphatic heterocycles. The van der Waals surface area contributed by atoms with Crippen LogP contribution in [0.1, 0.15) is 23.1 Å². The van der Waals surface area contributed by atoms with E-state index in [1.54, 1.807) is 39.5 Å². The number of carbonyl (C=O) groups is 2. The lowest BCUT2D eigenvalue weighted by Gasteiger charge is -2.15. The number of methoxy groups -OCH3 is 3. The van der Waals surface area contributed by atoms with Gasteiger partial charge in [0.2, 0.25) is 0 Å². The predicted molar refractivity (Wildman–Crippen MR) is 119 cm³/mol. The Bertz CT molecular complexity index is 1010. The quantitative estimate of drug-likeness (QED) is 0.490. The topological polar surface area (TPSA) is 77.1 Å². The minimum Gasteiger partial charge on any atom is -0.497 e. The molecule has 0 saturated carbocycles. The number of nitrogens with one attached hydrogen (secondary N) is 1. The molecule has 3 rings (SSSR count). The van der Waals surface area contributed by atoms with Crippen LogP contribution in [0.25, 0.3) is 5.57 Å². The molecule has 7 nitrogen and oxygen atoms in total. The first-order valence-electron chi connectivity index (χ1n) is 10.1. The Morgan fingerprint density at radius 1 is 0.903 bits per heavy atom. The summed E-state index contributed by atoms with van der Waals surface area (Å²) in [4.78, 5) is 27.8. The summed E-state index contributed by atoms with van der Waals surface area (Å²) in [5, 5.41) is 3.16. The standard InChI is InChI=1S/C24H28N2O5/c1-15-7-8-20(16(2)11-15)21-22(24(28)26(23(21)27)9-6-10-29-3)25-17-12-18(30-4)14-19(13-17)31-5/h7-8,11-14,25H,6,9-10H2,1-5H3. The summed E-state index contributed by atoms with van der Waals surface area (Å²) in [6.07, 6.45) is 0.564. The Balaban J connectivity index is 2.07. The van der Waals surface area contributed by atoms with Crippen LogP contribution in [0, 0.1) is 13.8 Å². The highest BCUT2D eigenvalue weighted by Gasteiger charge is 2.39. The van der Waals surface area contributed by atoms with E-state index in [4.69, 9.17) is 14.2 Å². The minimum absolute atomic E-state index is 0.240. The Morgan fingerprint density at radius 3 is 2.16 bits per heavy atom. The second-order valence-corrected chi connectivity index (χ2v) is 7.40. The van der Waals surface area contributed by atoms with E-state index in [9.17, 15) is 9.59 Å². The van der Waals surface area contributed by atoms with Gasteiger partial charge in [0.25, 0.3) is 11.8 Å². The van der Waals surface area contributed by atoms with Crippen LogP contribution in [0.5, 0.6) is 11.5 Å². The van der Waals surface area contributed by atoms with Gasteiger partial charge in [0.15, 0.2) is 0 Å². The fraction of sp³-hybridized carbons (Fsp3) is 0.333. The van der Waals surface area contributed by atoms with Crippen LogP contribution in [0.3, 0.4) is 0 Å². The summed E-state index contributed by atoms with van der Waals surface area (Å²) in [5.74, 6) is 0.469. The van der Waals surface area contributed by atoms with Crippen LogP contribution in [-0.2, 0) is 14.3 Å². The molecule has 0 radical (unpaired) electrons. The predicted octanol–water partition coefficient (Wildman–Crippen LogP) is 3.55. The molecule has 0 spiro atoms. The van der Waals surface area contributed by atoms with E-state index < -0.39 is 0 Å². The number of anilines is 1. The van der Waals surface area contributed by atoms with Crippen LogP contribution in [-0.4, -0.2) is 51.2 Å². The molecule has 0 aromatic heterocycles. The Hall–Kier alpha value is -3.32. The van der Waals surface area contributed by atoms with Gasteiger partial charge < -0.3 is 19.5 Å². The van der Waals surface area contributed by atoms with E-state index in [0.29, 0.717) is 35.8 Å². The number of hydrogen-bond acceptors (Lipinski definition) is 6. The van der Waals surface area contributed by atoms with E-state index in [1.807, 2.05) is 32.0 Å². The molecular weight excluding hydrogens is 396 g/mol. The van der Waals surface area contributed by atoms with Crippen LogP contribution in [0.2, 0.25) is 0 Å². The van der Waals surface area contributed by atoms with Gasteiger partial charge >= 0.3 is 0 Å². The van der Waals surface area contributed by atoms with Gasteiger partial charge in [0.1, 0.15) is 17.2 Å². The zero-order chi connectivity index (χ0) is 22.5. The molecular formula is C24H28N2O5. The molecule has 0 aliphatic carbocycles. The monoisotopic (exact) mass is 424 g/mol. The summed E-state index contributed by atoms with van der Waals surface area (Å²) in [6.45, 7) is 4.68. The highest BCUT2D eigenvalue weighted by molar-refractivity contribution is 6.36. The van der Waals surface area contributed by atoms with Gasteiger partial charge in [-0.2, -0.15) is 0 Å². The summed E-state index contributed by atoms with van der Waals surface area (Å²) < 4.78 is 15.7. The first kappa shape index (κ1) is 22.4. The molecule has 1 heterocycles. The fourth-order valence-electron chi connectivity index (χ4n) is 3.63. The van der Waals surface area contributed by atoms with Crippen LogP contribution < -0.4 is 14.8 Å². The molecule has 2 amide bonds. The second kappa shape index (κ2) is 9.66. The van der Waals surface area contributed by atoms with Crippen molar-refractivity contribution < 1.29 is 23.8 Å². The molecule has 31 heavy (non-hydrogen) atoms. The summed E-state index contributed by atoms with van der Waals surface area (Å²) in [5.41, 5.74) is 3.94. The number of imide groups is 1. The zero-order valence-electron chi connectivity index (χ0n) is 18.6. The second-order valence-electron chi connectivity index (χ2n) is 7.40. The molecule has 1 N–H and O–H groups in total. The van der Waals surface area contributed by atoms with Crippen molar-refractivity contribution in [1.82, 2.24) is 4.90 Å². The van der Waals surface area contributed by atoms with Crippen molar-refractivity contribution in [2.45, 2.75) is 20.3 Å². The van der Waals surface area contributed by atoms with Gasteiger partial charge in [-0.25, -0.2) is 0 Å². The van der Waals surface area contributed by atoms with E-state index in [-0.39, 0.29) is 24.1 Å². The normalized spacial score (nSPS) is 13.8. The smallest absolute Gasteiger partial charge is 0.278 e. The average molecular weight is 424 g/mol. The molecule has 0 atom stereocenters. The molecule has 2 aromatic carbocycles. The Labute approximate surface area is 182 Å². The van der Waals surface area contributed by atoms with E-state index in [1.165, 1.54) is 4.90 Å². The maximum Gasteiger partial charge on any atom is 0.278 e. The van der Waals surface area contributed by atoms with Gasteiger partial charge in [0, 0.05) is 44.1 Å². The number of nitrogens with zero attached hydrogens (tertiary/aromatic N) is 1. The Morgan fingerprint density at radius 2 is 1.58 bits per heavy atom. The molecule has 2 aromatic rings. The third-order valence-corrected chi connectivity index (χ3v) is 5.17. The van der Waals surface area contributed by atoms with Crippen molar-refractivity contribution in [3.05, 3.63) is 58.8 Å². The summed E-state index contributed by atoms with van der Waals surface area (Å²) >= 11 is 0. The summed E-state index contributed by atoms with van der Waals surface area (Å²) in [6, 6.07) is 11.1. The number of benzene rings is 2. The lowest BCUT2D eigenvalue weighted by atomic mass is 9.97. The molecule has 7 heteroatoms. The largest absolute Gasteiger partial charge is 0.497 e. The van der Waals surface area contributed by atoms with Gasteiger partial charge in [-0.1, -0.05) is 23.8 Å². The number of aryl methyl sites for hydroxylation is 2. The van der Waals surface area contributed by atoms with Gasteiger partial charge in [-0.05, 0) is 31.4 Å². The van der Waals surface area contributed by atoms with Crippen molar-refractivity contribution in [3.63, 3.8) is 0 Å². The molecule has 164 valence electrons. The third-order valence-electron chi connectivity index (χ3n) is 5.17. The number of ether oxygens (including phenoxy) is 3. The van der Waals surface area contributed by atoms with Crippen LogP contribution >= 0.6 is 0 Å². The van der Waals surface area contributed by atoms with Crippen LogP contribution in [0.4, 0.5) is 5.69 Å². The van der Waals surface area contributed by atoms with Crippen molar-refractivity contribution in [3.8, 4) is 11.5 Å². The van der Waals surface area contributed by atoms with Gasteiger partial charge in [0.05, 0.1) is 19.8 Å². The lowest BCUT2D eigenvalue weighted by Crippen LogP contribution is -2.34. The summed E-state index contributed by atoms with van der Waals surface area (Å²) in [7, 11) is 4.71. The molecule has 0 saturated heterocycles. The highest BCUT2D eigenvalue weighted by Crippen LogP contribution is 2.34. The van der Waals surface area contributed by atoms with Crippen LogP contribution in [0.15, 0.2) is 42.1 Å². The van der Waals surface area contributed by atoms with E-state index >= 15 is 0 Å². The van der Waals surface area contributed by atoms with Gasteiger partial charge in [-0.15, -0.1) is 0 Å². The molecule has 0 fully saturated rings. The highest BCUT2D eigenvalue weighted by atomic mass is 16.5. The maximum absolute atomic E-state index is 13.3. The van der Waals surface area contributed by atoms with Crippen molar-refractivity contribution in [2.24, 2.45) is 0 Å². The first-order valence-corrected chi connectivity index (χ1v) is 10.1. The molecule has 0 bridgehead atoms. The Kier molecular flexibility index (Phi) is 6.97. The number of carbonyl (C=O) groups excluding carboxylic acids is 2.